The van der Waals surface area contributed by atoms with Gasteiger partial charge in [-0.05, 0) is 0 Å². The van der Waals surface area contributed by atoms with Crippen molar-refractivity contribution >= 4 is 17.6 Å². The van der Waals surface area contributed by atoms with Gasteiger partial charge in [0.1, 0.15) is 11.4 Å². The number of nitrogens with zero attached hydrogens (tertiary/aromatic N) is 3. The van der Waals surface area contributed by atoms with Crippen LogP contribution in [0.25, 0.3) is 0 Å². The van der Waals surface area contributed by atoms with Crippen LogP contribution in [0.15, 0.2) is 27.6 Å². The fourth-order valence-electron chi connectivity index (χ4n) is 0.731. The lowest BCUT2D eigenvalue weighted by atomic mass is 10.1. The van der Waals surface area contributed by atoms with Crippen molar-refractivity contribution in [2.24, 2.45) is 15.3 Å². The van der Waals surface area contributed by atoms with E-state index in [4.69, 9.17) is 10.4 Å². The first-order valence-corrected chi connectivity index (χ1v) is 3.00. The topological polar surface area (TPSA) is 77.5 Å². The quantitative estimate of drug-likeness (QED) is 0.329. The predicted molar refractivity (Wildman–Crippen MR) is 40.7 cm³/mol. The molecule has 0 unspecified atom stereocenters. The Balaban J connectivity index is 2.87. The molecule has 1 heterocycles. The molecule has 5 nitrogen and oxygen atoms in total. The van der Waals surface area contributed by atoms with E-state index in [2.05, 4.69) is 15.3 Å². The molecule has 0 bridgehead atoms. The van der Waals surface area contributed by atoms with E-state index in [1.807, 2.05) is 0 Å². The molecule has 0 saturated carbocycles. The van der Waals surface area contributed by atoms with E-state index in [9.17, 15) is 0 Å². The molecule has 58 valence electrons. The van der Waals surface area contributed by atoms with Gasteiger partial charge in [0.05, 0.1) is 6.21 Å². The number of allylic oxidation sites excluding steroid dienone is 1. The first-order valence-electron chi connectivity index (χ1n) is 3.00. The van der Waals surface area contributed by atoms with Crippen LogP contribution in [-0.2, 0) is 0 Å². The number of aliphatic imine (C=N–C) groups is 1. The van der Waals surface area contributed by atoms with Crippen LogP contribution in [0.1, 0.15) is 6.42 Å². The molecule has 11 heavy (non-hydrogen) atoms. The van der Waals surface area contributed by atoms with Crippen molar-refractivity contribution in [2.45, 2.75) is 6.42 Å². The Morgan fingerprint density at radius 1 is 1.55 bits per heavy atom. The molecule has 0 aromatic carbocycles. The monoisotopic (exact) mass is 153 g/mol. The fraction of sp³-hybridized carbons (Fsp3) is 0.167. The summed E-state index contributed by atoms with van der Waals surface area (Å²) >= 11 is 0. The van der Waals surface area contributed by atoms with Gasteiger partial charge in [0.2, 0.25) is 0 Å². The second kappa shape index (κ2) is 3.50. The zero-order valence-electron chi connectivity index (χ0n) is 5.68. The van der Waals surface area contributed by atoms with E-state index in [0.29, 0.717) is 17.8 Å². The van der Waals surface area contributed by atoms with Crippen LogP contribution < -0.4 is 0 Å². The average molecular weight is 153 g/mol. The maximum absolute atomic E-state index is 8.42. The molecule has 0 saturated heterocycles. The van der Waals surface area contributed by atoms with Gasteiger partial charge < -0.3 is 10.4 Å². The molecule has 0 aromatic rings. The Morgan fingerprint density at radius 2 is 2.36 bits per heavy atom. The van der Waals surface area contributed by atoms with Gasteiger partial charge in [0.15, 0.2) is 0 Å². The lowest BCUT2D eigenvalue weighted by molar-refractivity contribution is 0.319. The molecule has 5 heteroatoms. The number of rotatable bonds is 1. The van der Waals surface area contributed by atoms with Gasteiger partial charge in [-0.1, -0.05) is 16.4 Å². The average Bonchev–Trinajstić information content (AvgIpc) is 2.06. The zero-order valence-corrected chi connectivity index (χ0v) is 5.68. The van der Waals surface area contributed by atoms with E-state index in [-0.39, 0.29) is 0 Å². The molecule has 1 aliphatic rings. The second-order valence-electron chi connectivity index (χ2n) is 1.89. The van der Waals surface area contributed by atoms with Crippen LogP contribution in [-0.4, -0.2) is 28.1 Å². The molecule has 0 radical (unpaired) electrons. The van der Waals surface area contributed by atoms with Crippen LogP contribution in [0, 0.1) is 0 Å². The van der Waals surface area contributed by atoms with Gasteiger partial charge in [0, 0.05) is 12.6 Å². The van der Waals surface area contributed by atoms with Crippen molar-refractivity contribution in [1.82, 2.24) is 0 Å². The predicted octanol–water partition coefficient (Wildman–Crippen LogP) is 0.635. The normalized spacial score (nSPS) is 21.1. The molecule has 0 spiro atoms. The maximum atomic E-state index is 8.42. The summed E-state index contributed by atoms with van der Waals surface area (Å²) in [5, 5.41) is 22.3. The van der Waals surface area contributed by atoms with Crippen molar-refractivity contribution in [3.63, 3.8) is 0 Å². The van der Waals surface area contributed by atoms with Gasteiger partial charge in [0.25, 0.3) is 0 Å². The molecule has 1 aliphatic heterocycles. The Labute approximate surface area is 63.1 Å². The Hall–Kier alpha value is -1.65. The largest absolute Gasteiger partial charge is 0.411 e. The van der Waals surface area contributed by atoms with E-state index >= 15 is 0 Å². The lowest BCUT2D eigenvalue weighted by Gasteiger charge is -2.02. The Morgan fingerprint density at radius 3 is 3.00 bits per heavy atom. The van der Waals surface area contributed by atoms with Crippen molar-refractivity contribution in [3.8, 4) is 0 Å². The van der Waals surface area contributed by atoms with Gasteiger partial charge in [-0.25, -0.2) is 0 Å². The van der Waals surface area contributed by atoms with E-state index in [0.717, 1.165) is 6.21 Å². The van der Waals surface area contributed by atoms with Crippen LogP contribution in [0.2, 0.25) is 0 Å². The van der Waals surface area contributed by atoms with E-state index in [1.54, 1.807) is 12.3 Å². The highest BCUT2D eigenvalue weighted by atomic mass is 16.4. The molecule has 2 N–H and O–H groups in total. The minimum Gasteiger partial charge on any atom is -0.411 e. The fourth-order valence-corrected chi connectivity index (χ4v) is 0.731. The highest BCUT2D eigenvalue weighted by molar-refractivity contribution is 6.63. The summed E-state index contributed by atoms with van der Waals surface area (Å²) in [4.78, 5) is 3.81. The third kappa shape index (κ3) is 1.64. The minimum absolute atomic E-state index is 0.373. The van der Waals surface area contributed by atoms with Crippen molar-refractivity contribution < 1.29 is 10.4 Å². The molecule has 0 fully saturated rings. The first kappa shape index (κ1) is 7.46. The molecule has 0 amide bonds. The van der Waals surface area contributed by atoms with Crippen molar-refractivity contribution in [1.29, 1.82) is 0 Å². The SMILES string of the molecule is ON=CC1=NC=CCC1=NO. The highest BCUT2D eigenvalue weighted by Crippen LogP contribution is 1.99. The Bertz CT molecular complexity index is 253. The van der Waals surface area contributed by atoms with Gasteiger partial charge in [-0.15, -0.1) is 0 Å². The van der Waals surface area contributed by atoms with Crippen LogP contribution in [0.3, 0.4) is 0 Å². The molecular weight excluding hydrogens is 146 g/mol. The van der Waals surface area contributed by atoms with Crippen LogP contribution in [0.4, 0.5) is 0 Å². The summed E-state index contributed by atoms with van der Waals surface area (Å²) in [5.41, 5.74) is 0.766. The van der Waals surface area contributed by atoms with Crippen molar-refractivity contribution in [3.05, 3.63) is 12.3 Å². The van der Waals surface area contributed by atoms with Crippen LogP contribution >= 0.6 is 0 Å². The van der Waals surface area contributed by atoms with E-state index in [1.165, 1.54) is 0 Å². The van der Waals surface area contributed by atoms with E-state index < -0.39 is 0 Å². The standard InChI is InChI=1S/C6H7N3O2/c10-8-4-6-5(9-11)2-1-3-7-6/h1,3-4,10-11H,2H2. The smallest absolute Gasteiger partial charge is 0.111 e. The molecule has 0 atom stereocenters. The molecular formula is C6H7N3O2. The summed E-state index contributed by atoms with van der Waals surface area (Å²) in [6.07, 6.45) is 4.93. The molecule has 0 aromatic heterocycles. The highest BCUT2D eigenvalue weighted by Gasteiger charge is 2.08. The number of oxime groups is 2. The summed E-state index contributed by atoms with van der Waals surface area (Å²) in [7, 11) is 0. The summed E-state index contributed by atoms with van der Waals surface area (Å²) in [5.74, 6) is 0. The van der Waals surface area contributed by atoms with Gasteiger partial charge in [-0.2, -0.15) is 0 Å². The molecule has 0 aliphatic carbocycles. The maximum Gasteiger partial charge on any atom is 0.111 e. The lowest BCUT2D eigenvalue weighted by Crippen LogP contribution is -2.16. The summed E-state index contributed by atoms with van der Waals surface area (Å²) in [6.45, 7) is 0. The van der Waals surface area contributed by atoms with Crippen LogP contribution in [0.5, 0.6) is 0 Å². The summed E-state index contributed by atoms with van der Waals surface area (Å²) < 4.78 is 0. The number of hydrogen-bond donors (Lipinski definition) is 2. The van der Waals surface area contributed by atoms with Gasteiger partial charge in [-0.3, -0.25) is 4.99 Å². The first-order chi connectivity index (χ1) is 5.38. The summed E-state index contributed by atoms with van der Waals surface area (Å²) in [6, 6.07) is 0. The van der Waals surface area contributed by atoms with Gasteiger partial charge >= 0.3 is 0 Å². The zero-order chi connectivity index (χ0) is 8.10. The second-order valence-corrected chi connectivity index (χ2v) is 1.89. The molecule has 1 rings (SSSR count). The van der Waals surface area contributed by atoms with Crippen molar-refractivity contribution in [2.75, 3.05) is 0 Å². The minimum atomic E-state index is 0.373. The Kier molecular flexibility index (Phi) is 2.37. The number of hydrogen-bond acceptors (Lipinski definition) is 5. The third-order valence-corrected chi connectivity index (χ3v) is 1.23. The third-order valence-electron chi connectivity index (χ3n) is 1.23.